The van der Waals surface area contributed by atoms with E-state index in [0.717, 1.165) is 16.9 Å². The van der Waals surface area contributed by atoms with Gasteiger partial charge in [0.15, 0.2) is 0 Å². The molecule has 8 heteroatoms. The number of nitrogens with zero attached hydrogens (tertiary/aromatic N) is 2. The van der Waals surface area contributed by atoms with Crippen molar-refractivity contribution in [3.05, 3.63) is 95.1 Å². The van der Waals surface area contributed by atoms with Gasteiger partial charge in [0.05, 0.1) is 18.0 Å². The van der Waals surface area contributed by atoms with E-state index in [2.05, 4.69) is 5.32 Å². The molecule has 35 heavy (non-hydrogen) atoms. The number of likely N-dealkylation sites (N-methyl/N-ethyl adjacent to an activating group) is 1. The number of carbonyl (C=O) groups is 1. The van der Waals surface area contributed by atoms with Crippen molar-refractivity contribution in [1.82, 2.24) is 14.5 Å². The second-order valence-corrected chi connectivity index (χ2v) is 10.8. The molecule has 3 aromatic carbocycles. The molecule has 0 radical (unpaired) electrons. The highest BCUT2D eigenvalue weighted by molar-refractivity contribution is 7.89. The topological polar surface area (TPSA) is 78.9 Å². The average Bonchev–Trinajstić information content (AvgIpc) is 2.88. The maximum Gasteiger partial charge on any atom is 0.251 e. The highest BCUT2D eigenvalue weighted by Gasteiger charge is 2.28. The molecule has 0 saturated carbocycles. The van der Waals surface area contributed by atoms with Crippen molar-refractivity contribution in [1.29, 1.82) is 0 Å². The maximum absolute atomic E-state index is 13.3. The van der Waals surface area contributed by atoms with Crippen LogP contribution in [0.1, 0.15) is 33.1 Å². The van der Waals surface area contributed by atoms with Gasteiger partial charge in [0.1, 0.15) is 5.75 Å². The van der Waals surface area contributed by atoms with Crippen molar-refractivity contribution < 1.29 is 17.9 Å². The monoisotopic (exact) mass is 493 g/mol. The van der Waals surface area contributed by atoms with Gasteiger partial charge in [-0.15, -0.1) is 0 Å². The second-order valence-electron chi connectivity index (χ2n) is 8.85. The molecule has 1 N–H and O–H groups in total. The van der Waals surface area contributed by atoms with Crippen LogP contribution in [0.2, 0.25) is 0 Å². The SMILES string of the molecule is COc1ccc([C@@H](CNC(=O)c2cccc(S(=O)(=O)N3CCc4ccccc4C3)c2)N(C)C)cc1. The van der Waals surface area contributed by atoms with Gasteiger partial charge in [-0.05, 0) is 67.5 Å². The first-order valence-corrected chi connectivity index (χ1v) is 13.0. The lowest BCUT2D eigenvalue weighted by Crippen LogP contribution is -2.36. The van der Waals surface area contributed by atoms with Crippen LogP contribution >= 0.6 is 0 Å². The molecule has 1 atom stereocenters. The zero-order valence-electron chi connectivity index (χ0n) is 20.3. The van der Waals surface area contributed by atoms with Crippen LogP contribution in [0.4, 0.5) is 0 Å². The lowest BCUT2D eigenvalue weighted by atomic mass is 10.0. The number of rotatable bonds is 8. The molecule has 4 rings (SSSR count). The van der Waals surface area contributed by atoms with E-state index in [9.17, 15) is 13.2 Å². The third kappa shape index (κ3) is 5.56. The van der Waals surface area contributed by atoms with Crippen LogP contribution < -0.4 is 10.1 Å². The molecule has 0 unspecified atom stereocenters. The van der Waals surface area contributed by atoms with Crippen molar-refractivity contribution in [2.24, 2.45) is 0 Å². The minimum Gasteiger partial charge on any atom is -0.497 e. The quantitative estimate of drug-likeness (QED) is 0.520. The Morgan fingerprint density at radius 1 is 1.03 bits per heavy atom. The molecular formula is C27H31N3O4S. The summed E-state index contributed by atoms with van der Waals surface area (Å²) in [5.74, 6) is 0.455. The lowest BCUT2D eigenvalue weighted by molar-refractivity contribution is 0.0941. The van der Waals surface area contributed by atoms with Crippen molar-refractivity contribution in [3.8, 4) is 5.75 Å². The summed E-state index contributed by atoms with van der Waals surface area (Å²) >= 11 is 0. The molecular weight excluding hydrogens is 462 g/mol. The van der Waals surface area contributed by atoms with Crippen molar-refractivity contribution >= 4 is 15.9 Å². The normalized spacial score (nSPS) is 14.9. The number of amides is 1. The average molecular weight is 494 g/mol. The molecule has 3 aromatic rings. The molecule has 0 saturated heterocycles. The summed E-state index contributed by atoms with van der Waals surface area (Å²) in [4.78, 5) is 15.1. The number of fused-ring (bicyclic) bond motifs is 1. The van der Waals surface area contributed by atoms with Gasteiger partial charge in [0, 0.05) is 25.2 Å². The number of benzene rings is 3. The van der Waals surface area contributed by atoms with Gasteiger partial charge in [-0.1, -0.05) is 42.5 Å². The van der Waals surface area contributed by atoms with Crippen molar-refractivity contribution in [2.45, 2.75) is 23.9 Å². The number of carbonyl (C=O) groups excluding carboxylic acids is 1. The number of nitrogens with one attached hydrogen (secondary N) is 1. The van der Waals surface area contributed by atoms with Gasteiger partial charge in [0.25, 0.3) is 5.91 Å². The summed E-state index contributed by atoms with van der Waals surface area (Å²) < 4.78 is 33.4. The second kappa shape index (κ2) is 10.6. The fourth-order valence-electron chi connectivity index (χ4n) is 4.34. The zero-order chi connectivity index (χ0) is 25.0. The molecule has 184 valence electrons. The highest BCUT2D eigenvalue weighted by Crippen LogP contribution is 2.26. The zero-order valence-corrected chi connectivity index (χ0v) is 21.1. The minimum atomic E-state index is -3.72. The number of methoxy groups -OCH3 is 1. The number of hydrogen-bond acceptors (Lipinski definition) is 5. The van der Waals surface area contributed by atoms with Crippen LogP contribution in [0.15, 0.2) is 77.7 Å². The van der Waals surface area contributed by atoms with E-state index >= 15 is 0 Å². The van der Waals surface area contributed by atoms with E-state index in [0.29, 0.717) is 31.6 Å². The van der Waals surface area contributed by atoms with E-state index in [1.165, 1.54) is 15.9 Å². The minimum absolute atomic E-state index is 0.0508. The Balaban J connectivity index is 1.47. The molecule has 1 heterocycles. The molecule has 0 aromatic heterocycles. The van der Waals surface area contributed by atoms with Gasteiger partial charge in [-0.25, -0.2) is 8.42 Å². The Morgan fingerprint density at radius 2 is 1.74 bits per heavy atom. The Hall–Kier alpha value is -3.20. The molecule has 1 amide bonds. The van der Waals surface area contributed by atoms with Gasteiger partial charge >= 0.3 is 0 Å². The van der Waals surface area contributed by atoms with Crippen LogP contribution in [-0.2, 0) is 23.0 Å². The third-order valence-corrected chi connectivity index (χ3v) is 8.25. The van der Waals surface area contributed by atoms with Crippen molar-refractivity contribution in [3.63, 3.8) is 0 Å². The Bertz CT molecular complexity index is 1290. The van der Waals surface area contributed by atoms with Crippen LogP contribution in [0.3, 0.4) is 0 Å². The summed E-state index contributed by atoms with van der Waals surface area (Å²) in [7, 11) is 1.80. The van der Waals surface area contributed by atoms with E-state index in [-0.39, 0.29) is 16.8 Å². The molecule has 0 fully saturated rings. The Labute approximate surface area is 207 Å². The number of hydrogen-bond donors (Lipinski definition) is 1. The maximum atomic E-state index is 13.3. The summed E-state index contributed by atoms with van der Waals surface area (Å²) in [6.45, 7) is 1.13. The van der Waals surface area contributed by atoms with Crippen LogP contribution in [0, 0.1) is 0 Å². The largest absolute Gasteiger partial charge is 0.497 e. The standard InChI is InChI=1S/C27H31N3O4S/c1-29(2)26(21-11-13-24(34-3)14-12-21)18-28-27(31)22-9-6-10-25(17-22)35(32,33)30-16-15-20-7-4-5-8-23(20)19-30/h4-14,17,26H,15-16,18-19H2,1-3H3,(H,28,31)/t26-/m1/s1. The summed E-state index contributed by atoms with van der Waals surface area (Å²) in [5.41, 5.74) is 3.55. The van der Waals surface area contributed by atoms with Crippen molar-refractivity contribution in [2.75, 3.05) is 34.3 Å². The van der Waals surface area contributed by atoms with Crippen LogP contribution in [0.25, 0.3) is 0 Å². The molecule has 0 bridgehead atoms. The first kappa shape index (κ1) is 24.9. The van der Waals surface area contributed by atoms with Crippen LogP contribution in [-0.4, -0.2) is 57.8 Å². The number of ether oxygens (including phenoxy) is 1. The highest BCUT2D eigenvalue weighted by atomic mass is 32.2. The predicted molar refractivity (Wildman–Crippen MR) is 136 cm³/mol. The van der Waals surface area contributed by atoms with Gasteiger partial charge in [0.2, 0.25) is 10.0 Å². The molecule has 1 aliphatic rings. The van der Waals surface area contributed by atoms with E-state index in [1.54, 1.807) is 25.3 Å². The fourth-order valence-corrected chi connectivity index (χ4v) is 5.80. The lowest BCUT2D eigenvalue weighted by Gasteiger charge is -2.28. The van der Waals surface area contributed by atoms with Gasteiger partial charge in [-0.3, -0.25) is 4.79 Å². The smallest absolute Gasteiger partial charge is 0.251 e. The van der Waals surface area contributed by atoms with Gasteiger partial charge < -0.3 is 15.0 Å². The Morgan fingerprint density at radius 3 is 2.43 bits per heavy atom. The number of sulfonamides is 1. The Kier molecular flexibility index (Phi) is 7.54. The summed E-state index contributed by atoms with van der Waals surface area (Å²) in [6.07, 6.45) is 0.673. The third-order valence-electron chi connectivity index (χ3n) is 6.41. The fraction of sp³-hybridized carbons (Fsp3) is 0.296. The van der Waals surface area contributed by atoms with E-state index in [1.807, 2.05) is 67.5 Å². The summed E-state index contributed by atoms with van der Waals surface area (Å²) in [6, 6.07) is 21.8. The first-order chi connectivity index (χ1) is 16.8. The molecule has 0 aliphatic carbocycles. The van der Waals surface area contributed by atoms with Gasteiger partial charge in [-0.2, -0.15) is 4.31 Å². The summed E-state index contributed by atoms with van der Waals surface area (Å²) in [5, 5.41) is 2.96. The van der Waals surface area contributed by atoms with Crippen LogP contribution in [0.5, 0.6) is 5.75 Å². The van der Waals surface area contributed by atoms with E-state index in [4.69, 9.17) is 4.74 Å². The van der Waals surface area contributed by atoms with E-state index < -0.39 is 10.0 Å². The first-order valence-electron chi connectivity index (χ1n) is 11.5. The molecule has 0 spiro atoms. The molecule has 1 aliphatic heterocycles. The predicted octanol–water partition coefficient (Wildman–Crippen LogP) is 3.47. The molecule has 7 nitrogen and oxygen atoms in total.